The normalized spacial score (nSPS) is 20.3. The van der Waals surface area contributed by atoms with Gasteiger partial charge in [0.25, 0.3) is 0 Å². The van der Waals surface area contributed by atoms with E-state index in [0.717, 1.165) is 13.1 Å². The molecule has 14 heavy (non-hydrogen) atoms. The molecule has 1 unspecified atom stereocenters. The highest BCUT2D eigenvalue weighted by Crippen LogP contribution is 2.08. The third kappa shape index (κ3) is 4.61. The quantitative estimate of drug-likeness (QED) is 0.514. The second kappa shape index (κ2) is 6.83. The lowest BCUT2D eigenvalue weighted by Gasteiger charge is -2.28. The van der Waals surface area contributed by atoms with Gasteiger partial charge in [-0.1, -0.05) is 12.3 Å². The van der Waals surface area contributed by atoms with E-state index < -0.39 is 6.10 Å². The summed E-state index contributed by atoms with van der Waals surface area (Å²) in [5.41, 5.74) is 0. The number of hydrogen-bond acceptors (Lipinski definition) is 3. The number of rotatable bonds is 5. The maximum atomic E-state index is 9.59. The van der Waals surface area contributed by atoms with E-state index >= 15 is 0 Å². The van der Waals surface area contributed by atoms with Gasteiger partial charge in [0.15, 0.2) is 0 Å². The van der Waals surface area contributed by atoms with Gasteiger partial charge in [0, 0.05) is 6.54 Å². The van der Waals surface area contributed by atoms with Crippen LogP contribution < -0.4 is 0 Å². The Balaban J connectivity index is 2.06. The first-order chi connectivity index (χ1) is 6.83. The van der Waals surface area contributed by atoms with Crippen LogP contribution in [0.2, 0.25) is 0 Å². The van der Waals surface area contributed by atoms with E-state index in [2.05, 4.69) is 10.8 Å². The van der Waals surface area contributed by atoms with Crippen molar-refractivity contribution in [3.05, 3.63) is 0 Å². The first kappa shape index (κ1) is 11.5. The van der Waals surface area contributed by atoms with Crippen molar-refractivity contribution < 1.29 is 9.84 Å². The first-order valence-electron chi connectivity index (χ1n) is 5.24. The fraction of sp³-hybridized carbons (Fsp3) is 0.818. The minimum absolute atomic E-state index is 0.289. The van der Waals surface area contributed by atoms with Crippen molar-refractivity contribution in [1.29, 1.82) is 0 Å². The number of likely N-dealkylation sites (tertiary alicyclic amines) is 1. The predicted octanol–water partition coefficient (Wildman–Crippen LogP) is 0.483. The van der Waals surface area contributed by atoms with Gasteiger partial charge < -0.3 is 14.7 Å². The SMILES string of the molecule is C#CCOCC(O)CN1CCCCC1. The van der Waals surface area contributed by atoms with Crippen LogP contribution in [0, 0.1) is 12.3 Å². The second-order valence-corrected chi connectivity index (χ2v) is 3.73. The lowest BCUT2D eigenvalue weighted by atomic mass is 10.1. The summed E-state index contributed by atoms with van der Waals surface area (Å²) < 4.78 is 5.07. The molecule has 0 aromatic rings. The zero-order valence-corrected chi connectivity index (χ0v) is 8.61. The molecule has 3 nitrogen and oxygen atoms in total. The van der Waals surface area contributed by atoms with Gasteiger partial charge in [-0.3, -0.25) is 0 Å². The Morgan fingerprint density at radius 1 is 1.36 bits per heavy atom. The van der Waals surface area contributed by atoms with Crippen LogP contribution >= 0.6 is 0 Å². The molecule has 1 N–H and O–H groups in total. The molecule has 1 rings (SSSR count). The maximum Gasteiger partial charge on any atom is 0.107 e. The van der Waals surface area contributed by atoms with Crippen molar-refractivity contribution in [3.63, 3.8) is 0 Å². The van der Waals surface area contributed by atoms with Crippen LogP contribution in [0.4, 0.5) is 0 Å². The topological polar surface area (TPSA) is 32.7 Å². The van der Waals surface area contributed by atoms with Gasteiger partial charge >= 0.3 is 0 Å². The molecule has 1 fully saturated rings. The molecular formula is C11H19NO2. The van der Waals surface area contributed by atoms with Gasteiger partial charge in [0.1, 0.15) is 6.61 Å². The second-order valence-electron chi connectivity index (χ2n) is 3.73. The molecule has 1 aliphatic heterocycles. The van der Waals surface area contributed by atoms with E-state index in [1.54, 1.807) is 0 Å². The Labute approximate surface area is 86.0 Å². The monoisotopic (exact) mass is 197 g/mol. The van der Waals surface area contributed by atoms with E-state index in [-0.39, 0.29) is 6.61 Å². The average Bonchev–Trinajstić information content (AvgIpc) is 2.20. The van der Waals surface area contributed by atoms with Gasteiger partial charge in [0.2, 0.25) is 0 Å². The average molecular weight is 197 g/mol. The van der Waals surface area contributed by atoms with Gasteiger partial charge in [-0.2, -0.15) is 0 Å². The Morgan fingerprint density at radius 2 is 2.07 bits per heavy atom. The van der Waals surface area contributed by atoms with E-state index in [0.29, 0.717) is 13.2 Å². The number of nitrogens with zero attached hydrogens (tertiary/aromatic N) is 1. The minimum atomic E-state index is -0.401. The van der Waals surface area contributed by atoms with Crippen molar-refractivity contribution in [3.8, 4) is 12.3 Å². The molecule has 3 heteroatoms. The van der Waals surface area contributed by atoms with Crippen LogP contribution in [-0.2, 0) is 4.74 Å². The van der Waals surface area contributed by atoms with Crippen LogP contribution in [0.5, 0.6) is 0 Å². The number of β-amino-alcohol motifs (C(OH)–C–C–N with tert-alkyl or cyclic N) is 1. The largest absolute Gasteiger partial charge is 0.389 e. The smallest absolute Gasteiger partial charge is 0.107 e. The molecule has 0 saturated carbocycles. The molecule has 0 bridgehead atoms. The summed E-state index contributed by atoms with van der Waals surface area (Å²) in [4.78, 5) is 2.29. The molecule has 1 aliphatic rings. The maximum absolute atomic E-state index is 9.59. The Morgan fingerprint density at radius 3 is 2.71 bits per heavy atom. The van der Waals surface area contributed by atoms with E-state index in [1.165, 1.54) is 19.3 Å². The highest BCUT2D eigenvalue weighted by molar-refractivity contribution is 4.83. The molecule has 1 heterocycles. The summed E-state index contributed by atoms with van der Waals surface area (Å²) in [5.74, 6) is 2.38. The summed E-state index contributed by atoms with van der Waals surface area (Å²) in [5, 5.41) is 9.59. The summed E-state index contributed by atoms with van der Waals surface area (Å²) >= 11 is 0. The van der Waals surface area contributed by atoms with Crippen molar-refractivity contribution in [2.45, 2.75) is 25.4 Å². The van der Waals surface area contributed by atoms with E-state index in [9.17, 15) is 5.11 Å². The zero-order chi connectivity index (χ0) is 10.2. The number of aliphatic hydroxyl groups is 1. The fourth-order valence-electron chi connectivity index (χ4n) is 1.75. The summed E-state index contributed by atoms with van der Waals surface area (Å²) in [6.07, 6.45) is 8.45. The van der Waals surface area contributed by atoms with Crippen LogP contribution in [-0.4, -0.2) is 49.0 Å². The number of ether oxygens (including phenoxy) is 1. The Bertz CT molecular complexity index is 182. The van der Waals surface area contributed by atoms with Crippen molar-refractivity contribution >= 4 is 0 Å². The molecule has 0 aliphatic carbocycles. The third-order valence-electron chi connectivity index (χ3n) is 2.41. The molecule has 80 valence electrons. The van der Waals surface area contributed by atoms with Crippen molar-refractivity contribution in [2.75, 3.05) is 32.8 Å². The zero-order valence-electron chi connectivity index (χ0n) is 8.61. The molecule has 1 saturated heterocycles. The standard InChI is InChI=1S/C11H19NO2/c1-2-8-14-10-11(13)9-12-6-4-3-5-7-12/h1,11,13H,3-10H2. The molecule has 0 aromatic heterocycles. The van der Waals surface area contributed by atoms with Gasteiger partial charge in [-0.05, 0) is 25.9 Å². The molecular weight excluding hydrogens is 178 g/mol. The van der Waals surface area contributed by atoms with Crippen molar-refractivity contribution in [2.24, 2.45) is 0 Å². The minimum Gasteiger partial charge on any atom is -0.389 e. The molecule has 1 atom stereocenters. The number of terminal acetylenes is 1. The molecule has 0 aromatic carbocycles. The molecule has 0 amide bonds. The molecule has 0 radical (unpaired) electrons. The predicted molar refractivity (Wildman–Crippen MR) is 55.9 cm³/mol. The lowest BCUT2D eigenvalue weighted by Crippen LogP contribution is -2.38. The van der Waals surface area contributed by atoms with E-state index in [1.807, 2.05) is 0 Å². The van der Waals surface area contributed by atoms with Gasteiger partial charge in [-0.25, -0.2) is 0 Å². The van der Waals surface area contributed by atoms with E-state index in [4.69, 9.17) is 11.2 Å². The fourth-order valence-corrected chi connectivity index (χ4v) is 1.75. The number of aliphatic hydroxyl groups excluding tert-OH is 1. The highest BCUT2D eigenvalue weighted by Gasteiger charge is 2.14. The summed E-state index contributed by atoms with van der Waals surface area (Å²) in [6.45, 7) is 3.56. The molecule has 0 spiro atoms. The number of hydrogen-bond donors (Lipinski definition) is 1. The first-order valence-corrected chi connectivity index (χ1v) is 5.24. The van der Waals surface area contributed by atoms with Crippen LogP contribution in [0.3, 0.4) is 0 Å². The van der Waals surface area contributed by atoms with Crippen LogP contribution in [0.25, 0.3) is 0 Å². The van der Waals surface area contributed by atoms with Crippen LogP contribution in [0.1, 0.15) is 19.3 Å². The van der Waals surface area contributed by atoms with Gasteiger partial charge in [0.05, 0.1) is 12.7 Å². The van der Waals surface area contributed by atoms with Crippen LogP contribution in [0.15, 0.2) is 0 Å². The lowest BCUT2D eigenvalue weighted by molar-refractivity contribution is 0.0241. The third-order valence-corrected chi connectivity index (χ3v) is 2.41. The number of piperidine rings is 1. The van der Waals surface area contributed by atoms with Crippen molar-refractivity contribution in [1.82, 2.24) is 4.90 Å². The highest BCUT2D eigenvalue weighted by atomic mass is 16.5. The summed E-state index contributed by atoms with van der Waals surface area (Å²) in [7, 11) is 0. The Kier molecular flexibility index (Phi) is 5.62. The van der Waals surface area contributed by atoms with Gasteiger partial charge in [-0.15, -0.1) is 6.42 Å². The Hall–Kier alpha value is -0.560. The summed E-state index contributed by atoms with van der Waals surface area (Å²) in [6, 6.07) is 0.